The number of benzene rings is 1. The van der Waals surface area contributed by atoms with Crippen LogP contribution in [0, 0.1) is 0 Å². The monoisotopic (exact) mass is 232 g/mol. The van der Waals surface area contributed by atoms with Gasteiger partial charge in [0.25, 0.3) is 0 Å². The van der Waals surface area contributed by atoms with E-state index in [2.05, 4.69) is 0 Å². The second kappa shape index (κ2) is 4.70. The highest BCUT2D eigenvalue weighted by molar-refractivity contribution is 5.92. The number of carboxylic acid groups (broad SMARTS) is 1. The fraction of sp³-hybridized carbons (Fsp3) is 0.429. The lowest BCUT2D eigenvalue weighted by Gasteiger charge is -2.27. The van der Waals surface area contributed by atoms with Gasteiger partial charge in [0.05, 0.1) is 5.41 Å². The maximum absolute atomic E-state index is 12.1. The molecule has 0 amide bonds. The molecule has 1 aromatic carbocycles. The Labute approximate surface area is 100 Å². The Morgan fingerprint density at radius 2 is 2.00 bits per heavy atom. The molecule has 1 aliphatic carbocycles. The van der Waals surface area contributed by atoms with Crippen LogP contribution in [0.3, 0.4) is 0 Å². The van der Waals surface area contributed by atoms with E-state index in [4.69, 9.17) is 5.11 Å². The number of rotatable bonds is 4. The molecular formula is C14H16O3. The van der Waals surface area contributed by atoms with Crippen molar-refractivity contribution in [1.29, 1.82) is 0 Å². The number of hydrogen-bond donors (Lipinski definition) is 1. The zero-order valence-corrected chi connectivity index (χ0v) is 9.69. The lowest BCUT2D eigenvalue weighted by atomic mass is 9.74. The molecule has 0 aromatic heterocycles. The fourth-order valence-electron chi connectivity index (χ4n) is 2.72. The van der Waals surface area contributed by atoms with Gasteiger partial charge in [-0.3, -0.25) is 9.59 Å². The summed E-state index contributed by atoms with van der Waals surface area (Å²) in [6.07, 6.45) is 2.71. The van der Waals surface area contributed by atoms with Crippen molar-refractivity contribution in [3.05, 3.63) is 35.9 Å². The van der Waals surface area contributed by atoms with Crippen LogP contribution < -0.4 is 0 Å². The summed E-state index contributed by atoms with van der Waals surface area (Å²) in [5.74, 6) is -0.634. The van der Waals surface area contributed by atoms with E-state index < -0.39 is 11.4 Å². The van der Waals surface area contributed by atoms with Crippen molar-refractivity contribution < 1.29 is 14.7 Å². The predicted molar refractivity (Wildman–Crippen MR) is 63.8 cm³/mol. The molecule has 0 radical (unpaired) electrons. The van der Waals surface area contributed by atoms with Crippen molar-refractivity contribution >= 4 is 11.8 Å². The van der Waals surface area contributed by atoms with Gasteiger partial charge in [0.1, 0.15) is 5.78 Å². The number of carboxylic acids is 1. The van der Waals surface area contributed by atoms with Crippen LogP contribution in [-0.4, -0.2) is 16.9 Å². The quantitative estimate of drug-likeness (QED) is 0.867. The summed E-state index contributed by atoms with van der Waals surface area (Å²) < 4.78 is 0. The molecule has 0 saturated heterocycles. The minimum Gasteiger partial charge on any atom is -0.481 e. The van der Waals surface area contributed by atoms with Gasteiger partial charge in [-0.25, -0.2) is 0 Å². The van der Waals surface area contributed by atoms with Crippen LogP contribution in [0.15, 0.2) is 30.3 Å². The third-order valence-corrected chi connectivity index (χ3v) is 3.63. The van der Waals surface area contributed by atoms with Crippen LogP contribution in [0.2, 0.25) is 0 Å². The first kappa shape index (κ1) is 11.8. The van der Waals surface area contributed by atoms with Crippen LogP contribution in [0.4, 0.5) is 0 Å². The summed E-state index contributed by atoms with van der Waals surface area (Å²) in [6, 6.07) is 9.59. The zero-order chi connectivity index (χ0) is 12.3. The van der Waals surface area contributed by atoms with E-state index in [9.17, 15) is 9.59 Å². The standard InChI is InChI=1S/C14H16O3/c15-12-7-4-9-14(12,10-8-13(16)17)11-5-2-1-3-6-11/h1-3,5-6H,4,7-10H2,(H,16,17)/t14-/m0/s1. The predicted octanol–water partition coefficient (Wildman–Crippen LogP) is 2.54. The molecule has 1 atom stereocenters. The first-order valence-corrected chi connectivity index (χ1v) is 5.96. The van der Waals surface area contributed by atoms with Gasteiger partial charge < -0.3 is 5.11 Å². The minimum atomic E-state index is -0.833. The lowest BCUT2D eigenvalue weighted by Crippen LogP contribution is -2.31. The number of Topliss-reactive ketones (excluding diaryl/α,β-unsaturated/α-hetero) is 1. The van der Waals surface area contributed by atoms with Crippen molar-refractivity contribution in [1.82, 2.24) is 0 Å². The normalized spacial score (nSPS) is 23.9. The van der Waals surface area contributed by atoms with Gasteiger partial charge in [0.2, 0.25) is 0 Å². The summed E-state index contributed by atoms with van der Waals surface area (Å²) in [7, 11) is 0. The zero-order valence-electron chi connectivity index (χ0n) is 9.69. The SMILES string of the molecule is O=C(O)CC[C@]1(c2ccccc2)CCCC1=O. The molecule has 3 nitrogen and oxygen atoms in total. The van der Waals surface area contributed by atoms with Gasteiger partial charge >= 0.3 is 5.97 Å². The van der Waals surface area contributed by atoms with Gasteiger partial charge in [-0.1, -0.05) is 30.3 Å². The average Bonchev–Trinajstić information content (AvgIpc) is 2.70. The second-order valence-electron chi connectivity index (χ2n) is 4.62. The Balaban J connectivity index is 2.31. The number of carbonyl (C=O) groups is 2. The first-order chi connectivity index (χ1) is 8.15. The molecule has 1 fully saturated rings. The molecule has 0 spiro atoms. The van der Waals surface area contributed by atoms with Crippen LogP contribution in [0.25, 0.3) is 0 Å². The Morgan fingerprint density at radius 1 is 1.29 bits per heavy atom. The van der Waals surface area contributed by atoms with E-state index in [0.29, 0.717) is 12.8 Å². The van der Waals surface area contributed by atoms with Crippen LogP contribution in [0.1, 0.15) is 37.7 Å². The number of aliphatic carboxylic acids is 1. The van der Waals surface area contributed by atoms with Crippen molar-refractivity contribution in [2.45, 2.75) is 37.5 Å². The maximum Gasteiger partial charge on any atom is 0.303 e. The topological polar surface area (TPSA) is 54.4 Å². The van der Waals surface area contributed by atoms with Gasteiger partial charge in [-0.15, -0.1) is 0 Å². The summed E-state index contributed by atoms with van der Waals surface area (Å²) in [6.45, 7) is 0. The van der Waals surface area contributed by atoms with E-state index in [1.807, 2.05) is 30.3 Å². The summed E-state index contributed by atoms with van der Waals surface area (Å²) in [5.41, 5.74) is 0.434. The molecule has 17 heavy (non-hydrogen) atoms. The lowest BCUT2D eigenvalue weighted by molar-refractivity contribution is -0.137. The van der Waals surface area contributed by atoms with Crippen molar-refractivity contribution in [2.75, 3.05) is 0 Å². The Morgan fingerprint density at radius 3 is 2.53 bits per heavy atom. The van der Waals surface area contributed by atoms with E-state index in [1.165, 1.54) is 0 Å². The van der Waals surface area contributed by atoms with E-state index >= 15 is 0 Å². The third kappa shape index (κ3) is 2.23. The first-order valence-electron chi connectivity index (χ1n) is 5.96. The van der Waals surface area contributed by atoms with Gasteiger partial charge in [-0.05, 0) is 24.8 Å². The van der Waals surface area contributed by atoms with Crippen molar-refractivity contribution in [3.8, 4) is 0 Å². The minimum absolute atomic E-state index is 0.0562. The molecule has 1 aliphatic rings. The molecule has 3 heteroatoms. The highest BCUT2D eigenvalue weighted by Crippen LogP contribution is 2.41. The van der Waals surface area contributed by atoms with Gasteiger partial charge in [0, 0.05) is 12.8 Å². The largest absolute Gasteiger partial charge is 0.481 e. The molecule has 0 unspecified atom stereocenters. The Kier molecular flexibility index (Phi) is 3.27. The maximum atomic E-state index is 12.1. The number of carbonyl (C=O) groups excluding carboxylic acids is 1. The molecule has 0 heterocycles. The molecule has 0 bridgehead atoms. The van der Waals surface area contributed by atoms with E-state index in [1.54, 1.807) is 0 Å². The molecular weight excluding hydrogens is 216 g/mol. The number of ketones is 1. The molecule has 1 saturated carbocycles. The second-order valence-corrected chi connectivity index (χ2v) is 4.62. The van der Waals surface area contributed by atoms with Gasteiger partial charge in [0.15, 0.2) is 0 Å². The van der Waals surface area contributed by atoms with Crippen LogP contribution in [-0.2, 0) is 15.0 Å². The molecule has 1 N–H and O–H groups in total. The summed E-state index contributed by atoms with van der Waals surface area (Å²) in [4.78, 5) is 22.8. The molecule has 2 rings (SSSR count). The van der Waals surface area contributed by atoms with Crippen molar-refractivity contribution in [2.24, 2.45) is 0 Å². The number of hydrogen-bond acceptors (Lipinski definition) is 2. The van der Waals surface area contributed by atoms with E-state index in [-0.39, 0.29) is 12.2 Å². The van der Waals surface area contributed by atoms with Crippen LogP contribution >= 0.6 is 0 Å². The third-order valence-electron chi connectivity index (χ3n) is 3.63. The smallest absolute Gasteiger partial charge is 0.303 e. The Hall–Kier alpha value is -1.64. The molecule has 0 aliphatic heterocycles. The summed E-state index contributed by atoms with van der Waals surface area (Å²) >= 11 is 0. The van der Waals surface area contributed by atoms with E-state index in [0.717, 1.165) is 18.4 Å². The van der Waals surface area contributed by atoms with Crippen LogP contribution in [0.5, 0.6) is 0 Å². The van der Waals surface area contributed by atoms with Crippen molar-refractivity contribution in [3.63, 3.8) is 0 Å². The highest BCUT2D eigenvalue weighted by atomic mass is 16.4. The highest BCUT2D eigenvalue weighted by Gasteiger charge is 2.43. The Bertz CT molecular complexity index is 424. The average molecular weight is 232 g/mol. The fourth-order valence-corrected chi connectivity index (χ4v) is 2.72. The molecule has 90 valence electrons. The molecule has 1 aromatic rings. The van der Waals surface area contributed by atoms with Gasteiger partial charge in [-0.2, -0.15) is 0 Å². The summed E-state index contributed by atoms with van der Waals surface area (Å²) in [5, 5.41) is 8.81.